The minimum atomic E-state index is -0.545. The van der Waals surface area contributed by atoms with E-state index in [0.29, 0.717) is 18.5 Å². The summed E-state index contributed by atoms with van der Waals surface area (Å²) in [6.45, 7) is 6.19. The molecule has 1 aliphatic rings. The highest BCUT2D eigenvalue weighted by Crippen LogP contribution is 2.27. The maximum Gasteiger partial charge on any atom is 0.338 e. The fourth-order valence-corrected chi connectivity index (χ4v) is 2.29. The predicted octanol–water partition coefficient (Wildman–Crippen LogP) is 2.81. The van der Waals surface area contributed by atoms with Crippen LogP contribution in [0.25, 0.3) is 0 Å². The number of nitrogens with one attached hydrogen (secondary N) is 1. The molecule has 21 heavy (non-hydrogen) atoms. The van der Waals surface area contributed by atoms with Gasteiger partial charge in [-0.25, -0.2) is 4.79 Å². The van der Waals surface area contributed by atoms with E-state index in [1.165, 1.54) is 0 Å². The number of esters is 1. The lowest BCUT2D eigenvalue weighted by Crippen LogP contribution is -2.26. The first-order valence-electron chi connectivity index (χ1n) is 7.17. The first-order chi connectivity index (χ1) is 9.80. The number of anilines is 2. The second kappa shape index (κ2) is 5.76. The van der Waals surface area contributed by atoms with Crippen LogP contribution in [-0.4, -0.2) is 31.1 Å². The molecule has 1 N–H and O–H groups in total. The third-order valence-corrected chi connectivity index (χ3v) is 3.23. The van der Waals surface area contributed by atoms with E-state index in [0.717, 1.165) is 17.8 Å². The van der Waals surface area contributed by atoms with Gasteiger partial charge in [-0.1, -0.05) is 0 Å². The van der Waals surface area contributed by atoms with Gasteiger partial charge in [0.1, 0.15) is 5.60 Å². The monoisotopic (exact) mass is 290 g/mol. The summed E-state index contributed by atoms with van der Waals surface area (Å²) in [7, 11) is 1.78. The van der Waals surface area contributed by atoms with Crippen molar-refractivity contribution in [2.75, 3.05) is 23.8 Å². The van der Waals surface area contributed by atoms with Crippen LogP contribution in [0.15, 0.2) is 18.2 Å². The topological polar surface area (TPSA) is 58.6 Å². The molecule has 1 aliphatic heterocycles. The zero-order valence-electron chi connectivity index (χ0n) is 13.0. The summed E-state index contributed by atoms with van der Waals surface area (Å²) in [6.07, 6.45) is 1.41. The van der Waals surface area contributed by atoms with Crippen molar-refractivity contribution < 1.29 is 14.3 Å². The van der Waals surface area contributed by atoms with Crippen LogP contribution in [-0.2, 0) is 9.53 Å². The highest BCUT2D eigenvalue weighted by atomic mass is 16.6. The molecule has 0 radical (unpaired) electrons. The number of carbonyl (C=O) groups is 2. The molecule has 1 aromatic carbocycles. The van der Waals surface area contributed by atoms with E-state index in [1.54, 1.807) is 24.1 Å². The summed E-state index contributed by atoms with van der Waals surface area (Å²) < 4.78 is 5.40. The summed E-state index contributed by atoms with van der Waals surface area (Å²) in [5, 5.41) is 3.02. The van der Waals surface area contributed by atoms with E-state index in [2.05, 4.69) is 5.32 Å². The minimum Gasteiger partial charge on any atom is -0.456 e. The Hall–Kier alpha value is -2.04. The van der Waals surface area contributed by atoms with Gasteiger partial charge in [-0.05, 0) is 45.4 Å². The Morgan fingerprint density at radius 2 is 2.00 bits per heavy atom. The van der Waals surface area contributed by atoms with Crippen LogP contribution in [0.1, 0.15) is 44.0 Å². The predicted molar refractivity (Wildman–Crippen MR) is 82.7 cm³/mol. The molecule has 0 atom stereocenters. The van der Waals surface area contributed by atoms with Gasteiger partial charge in [0.05, 0.1) is 5.56 Å². The second-order valence-corrected chi connectivity index (χ2v) is 6.17. The lowest BCUT2D eigenvalue weighted by atomic mass is 10.1. The molecule has 0 aliphatic carbocycles. The Balaban J connectivity index is 2.33. The van der Waals surface area contributed by atoms with E-state index < -0.39 is 5.60 Å². The van der Waals surface area contributed by atoms with Crippen LogP contribution in [0.4, 0.5) is 11.4 Å². The van der Waals surface area contributed by atoms with Crippen molar-refractivity contribution in [3.05, 3.63) is 23.8 Å². The molecule has 0 aromatic heterocycles. The Morgan fingerprint density at radius 3 is 2.52 bits per heavy atom. The Labute approximate surface area is 125 Å². The average molecular weight is 290 g/mol. The standard InChI is InChI=1S/C16H22N2O3/c1-16(2,3)21-15(20)11-8-12(17-4)10-13(9-11)18-7-5-6-14(18)19/h8-10,17H,5-7H2,1-4H3. The summed E-state index contributed by atoms with van der Waals surface area (Å²) >= 11 is 0. The second-order valence-electron chi connectivity index (χ2n) is 6.17. The van der Waals surface area contributed by atoms with E-state index in [1.807, 2.05) is 26.8 Å². The molecule has 1 fully saturated rings. The number of nitrogens with zero attached hydrogens (tertiary/aromatic N) is 1. The van der Waals surface area contributed by atoms with Gasteiger partial charge in [-0.15, -0.1) is 0 Å². The van der Waals surface area contributed by atoms with Gasteiger partial charge in [-0.2, -0.15) is 0 Å². The maximum absolute atomic E-state index is 12.2. The molecule has 1 aromatic rings. The molecule has 1 amide bonds. The van der Waals surface area contributed by atoms with Crippen molar-refractivity contribution >= 4 is 23.3 Å². The van der Waals surface area contributed by atoms with Crippen LogP contribution in [0.2, 0.25) is 0 Å². The highest BCUT2D eigenvalue weighted by molar-refractivity contribution is 5.98. The van der Waals surface area contributed by atoms with Gasteiger partial charge in [-0.3, -0.25) is 4.79 Å². The lowest BCUT2D eigenvalue weighted by Gasteiger charge is -2.21. The zero-order chi connectivity index (χ0) is 15.6. The number of carbonyl (C=O) groups excluding carboxylic acids is 2. The molecule has 0 spiro atoms. The molecule has 5 heteroatoms. The van der Waals surface area contributed by atoms with Crippen LogP contribution < -0.4 is 10.2 Å². The van der Waals surface area contributed by atoms with E-state index in [9.17, 15) is 9.59 Å². The first-order valence-corrected chi connectivity index (χ1v) is 7.17. The summed E-state index contributed by atoms with van der Waals surface area (Å²) in [4.78, 5) is 25.8. The molecule has 0 bridgehead atoms. The molecule has 1 heterocycles. The van der Waals surface area contributed by atoms with Gasteiger partial charge < -0.3 is 15.0 Å². The van der Waals surface area contributed by atoms with Crippen molar-refractivity contribution in [3.8, 4) is 0 Å². The van der Waals surface area contributed by atoms with Gasteiger partial charge in [0.2, 0.25) is 5.91 Å². The lowest BCUT2D eigenvalue weighted by molar-refractivity contribution is -0.117. The Kier molecular flexibility index (Phi) is 4.21. The number of hydrogen-bond acceptors (Lipinski definition) is 4. The zero-order valence-corrected chi connectivity index (χ0v) is 13.0. The molecule has 1 saturated heterocycles. The number of ether oxygens (including phenoxy) is 1. The Morgan fingerprint density at radius 1 is 1.29 bits per heavy atom. The smallest absolute Gasteiger partial charge is 0.338 e. The van der Waals surface area contributed by atoms with Crippen molar-refractivity contribution in [1.29, 1.82) is 0 Å². The molecular formula is C16H22N2O3. The SMILES string of the molecule is CNc1cc(C(=O)OC(C)(C)C)cc(N2CCCC2=O)c1. The first kappa shape index (κ1) is 15.4. The van der Waals surface area contributed by atoms with Crippen molar-refractivity contribution in [3.63, 3.8) is 0 Å². The van der Waals surface area contributed by atoms with Gasteiger partial charge in [0, 0.05) is 31.4 Å². The van der Waals surface area contributed by atoms with Crippen LogP contribution >= 0.6 is 0 Å². The maximum atomic E-state index is 12.2. The van der Waals surface area contributed by atoms with Crippen LogP contribution in [0, 0.1) is 0 Å². The minimum absolute atomic E-state index is 0.0957. The fraction of sp³-hybridized carbons (Fsp3) is 0.500. The fourth-order valence-electron chi connectivity index (χ4n) is 2.29. The molecule has 114 valence electrons. The van der Waals surface area contributed by atoms with Crippen molar-refractivity contribution in [1.82, 2.24) is 0 Å². The number of benzene rings is 1. The largest absolute Gasteiger partial charge is 0.456 e. The third kappa shape index (κ3) is 3.74. The molecule has 0 unspecified atom stereocenters. The average Bonchev–Trinajstić information content (AvgIpc) is 2.82. The Bertz CT molecular complexity index is 561. The third-order valence-electron chi connectivity index (χ3n) is 3.23. The summed E-state index contributed by atoms with van der Waals surface area (Å²) in [6, 6.07) is 5.33. The normalized spacial score (nSPS) is 15.2. The summed E-state index contributed by atoms with van der Waals surface area (Å²) in [5.74, 6) is -0.286. The highest BCUT2D eigenvalue weighted by Gasteiger charge is 2.24. The van der Waals surface area contributed by atoms with E-state index in [4.69, 9.17) is 4.74 Å². The molecule has 0 saturated carbocycles. The molecular weight excluding hydrogens is 268 g/mol. The number of amides is 1. The van der Waals surface area contributed by atoms with Gasteiger partial charge in [0.15, 0.2) is 0 Å². The van der Waals surface area contributed by atoms with Crippen molar-refractivity contribution in [2.45, 2.75) is 39.2 Å². The van der Waals surface area contributed by atoms with E-state index >= 15 is 0 Å². The molecule has 5 nitrogen and oxygen atoms in total. The summed E-state index contributed by atoms with van der Waals surface area (Å²) in [5.41, 5.74) is 1.43. The van der Waals surface area contributed by atoms with Crippen molar-refractivity contribution in [2.24, 2.45) is 0 Å². The molecule has 2 rings (SSSR count). The van der Waals surface area contributed by atoms with E-state index in [-0.39, 0.29) is 11.9 Å². The number of hydrogen-bond donors (Lipinski definition) is 1. The van der Waals surface area contributed by atoms with Gasteiger partial charge >= 0.3 is 5.97 Å². The van der Waals surface area contributed by atoms with Gasteiger partial charge in [0.25, 0.3) is 0 Å². The van der Waals surface area contributed by atoms with Crippen LogP contribution in [0.5, 0.6) is 0 Å². The number of rotatable bonds is 3. The van der Waals surface area contributed by atoms with Crippen LogP contribution in [0.3, 0.4) is 0 Å². The quantitative estimate of drug-likeness (QED) is 0.870.